The Labute approximate surface area is 243 Å². The highest BCUT2D eigenvalue weighted by Gasteiger charge is 2.35. The molecule has 0 aliphatic carbocycles. The van der Waals surface area contributed by atoms with E-state index in [9.17, 15) is 27.9 Å². The van der Waals surface area contributed by atoms with E-state index >= 15 is 0 Å². The monoisotopic (exact) mass is 587 g/mol. The molecule has 0 radical (unpaired) electrons. The van der Waals surface area contributed by atoms with E-state index in [0.29, 0.717) is 63.4 Å². The van der Waals surface area contributed by atoms with Crippen LogP contribution in [-0.2, 0) is 22.7 Å². The summed E-state index contributed by atoms with van der Waals surface area (Å²) in [5.41, 5.74) is 1.12. The zero-order chi connectivity index (χ0) is 29.7. The average Bonchev–Trinajstić information content (AvgIpc) is 3.39. The second-order valence-electron chi connectivity index (χ2n) is 11.2. The minimum Gasteiger partial charge on any atom is -0.489 e. The molecule has 2 fully saturated rings. The Kier molecular flexibility index (Phi) is 9.37. The molecule has 2 amide bonds. The summed E-state index contributed by atoms with van der Waals surface area (Å²) in [7, 11) is 0. The number of aliphatic hydroxyl groups excluding tert-OH is 1. The number of rotatable bonds is 5. The summed E-state index contributed by atoms with van der Waals surface area (Å²) in [6.45, 7) is 2.45. The fraction of sp³-hybridized carbons (Fsp3) is 0.484. The van der Waals surface area contributed by atoms with Crippen molar-refractivity contribution in [3.8, 4) is 11.5 Å². The van der Waals surface area contributed by atoms with Crippen LogP contribution in [0.3, 0.4) is 0 Å². The van der Waals surface area contributed by atoms with Gasteiger partial charge in [-0.25, -0.2) is 0 Å². The summed E-state index contributed by atoms with van der Waals surface area (Å²) in [4.78, 5) is 31.9. The van der Waals surface area contributed by atoms with Crippen molar-refractivity contribution in [1.29, 1.82) is 0 Å². The van der Waals surface area contributed by atoms with Crippen LogP contribution in [0.15, 0.2) is 60.7 Å². The van der Waals surface area contributed by atoms with Crippen molar-refractivity contribution in [1.82, 2.24) is 14.7 Å². The van der Waals surface area contributed by atoms with Crippen molar-refractivity contribution < 1.29 is 37.3 Å². The molecule has 11 heteroatoms. The quantitative estimate of drug-likeness (QED) is 0.533. The van der Waals surface area contributed by atoms with Crippen molar-refractivity contribution in [2.45, 2.75) is 44.8 Å². The number of aliphatic hydroxyl groups is 1. The molecule has 0 spiro atoms. The number of benzene rings is 2. The fourth-order valence-corrected chi connectivity index (χ4v) is 5.99. The zero-order valence-electron chi connectivity index (χ0n) is 23.3. The Bertz CT molecular complexity index is 1290. The lowest BCUT2D eigenvalue weighted by molar-refractivity contribution is -0.275. The van der Waals surface area contributed by atoms with Gasteiger partial charge in [-0.05, 0) is 36.8 Å². The van der Waals surface area contributed by atoms with Crippen LogP contribution >= 0.6 is 0 Å². The largest absolute Gasteiger partial charge is 0.573 e. The molecule has 5 rings (SSSR count). The number of piperidine rings is 1. The maximum Gasteiger partial charge on any atom is 0.573 e. The third kappa shape index (κ3) is 7.83. The van der Waals surface area contributed by atoms with Crippen molar-refractivity contribution in [2.24, 2.45) is 11.8 Å². The molecule has 0 saturated carbocycles. The van der Waals surface area contributed by atoms with E-state index < -0.39 is 12.5 Å². The topological polar surface area (TPSA) is 82.6 Å². The van der Waals surface area contributed by atoms with Crippen LogP contribution in [-0.4, -0.2) is 83.4 Å². The number of fused-ring (bicyclic) bond motifs is 3. The first kappa shape index (κ1) is 29.9. The van der Waals surface area contributed by atoms with E-state index in [1.165, 1.54) is 12.1 Å². The number of hydrogen-bond donors (Lipinski definition) is 1. The normalized spacial score (nSPS) is 23.8. The third-order valence-electron chi connectivity index (χ3n) is 8.15. The predicted octanol–water partition coefficient (Wildman–Crippen LogP) is 3.98. The number of halogens is 3. The Morgan fingerprint density at radius 2 is 1.81 bits per heavy atom. The number of para-hydroxylation sites is 2. The van der Waals surface area contributed by atoms with Gasteiger partial charge in [-0.2, -0.15) is 0 Å². The second-order valence-corrected chi connectivity index (χ2v) is 11.2. The Morgan fingerprint density at radius 1 is 1.02 bits per heavy atom. The van der Waals surface area contributed by atoms with Crippen molar-refractivity contribution in [3.05, 3.63) is 71.8 Å². The van der Waals surface area contributed by atoms with Gasteiger partial charge < -0.3 is 24.4 Å². The van der Waals surface area contributed by atoms with E-state index in [-0.39, 0.29) is 49.0 Å². The third-order valence-corrected chi connectivity index (χ3v) is 8.15. The average molecular weight is 588 g/mol. The van der Waals surface area contributed by atoms with Gasteiger partial charge in [0.2, 0.25) is 11.8 Å². The number of carbonyl (C=O) groups excluding carboxylic acids is 2. The van der Waals surface area contributed by atoms with E-state index in [4.69, 9.17) is 4.74 Å². The van der Waals surface area contributed by atoms with Crippen molar-refractivity contribution in [2.75, 3.05) is 39.3 Å². The van der Waals surface area contributed by atoms with Gasteiger partial charge in [0.15, 0.2) is 0 Å². The molecule has 8 nitrogen and oxygen atoms in total. The predicted molar refractivity (Wildman–Crippen MR) is 148 cm³/mol. The van der Waals surface area contributed by atoms with Gasteiger partial charge >= 0.3 is 6.36 Å². The highest BCUT2D eigenvalue weighted by atomic mass is 19.4. The first-order chi connectivity index (χ1) is 20.1. The van der Waals surface area contributed by atoms with E-state index in [0.717, 1.165) is 5.56 Å². The number of ether oxygens (including phenoxy) is 2. The van der Waals surface area contributed by atoms with Crippen LogP contribution in [0.25, 0.3) is 0 Å². The number of nitrogens with zero attached hydrogens (tertiary/aromatic N) is 3. The van der Waals surface area contributed by atoms with Crippen LogP contribution in [0.1, 0.15) is 30.4 Å². The van der Waals surface area contributed by atoms with Crippen molar-refractivity contribution in [3.63, 3.8) is 0 Å². The number of β-amino-alcohol motifs (C(OH)–C–C–N with tert-alkyl or cyclic N) is 1. The molecule has 226 valence electrons. The number of alkyl halides is 3. The molecule has 3 aliphatic heterocycles. The number of hydrogen-bond acceptors (Lipinski definition) is 6. The van der Waals surface area contributed by atoms with Gasteiger partial charge in [-0.3, -0.25) is 14.5 Å². The lowest BCUT2D eigenvalue weighted by atomic mass is 9.82. The summed E-state index contributed by atoms with van der Waals surface area (Å²) in [5, 5.41) is 9.85. The summed E-state index contributed by atoms with van der Waals surface area (Å²) in [5.74, 6) is 0.187. The molecule has 2 bridgehead atoms. The molecule has 2 saturated heterocycles. The van der Waals surface area contributed by atoms with Gasteiger partial charge in [0, 0.05) is 56.8 Å². The molecule has 3 aliphatic rings. The Hall–Kier alpha value is -3.57. The van der Waals surface area contributed by atoms with Gasteiger partial charge in [0.05, 0.1) is 12.6 Å². The molecule has 0 aromatic heterocycles. The Balaban J connectivity index is 1.37. The van der Waals surface area contributed by atoms with Crippen LogP contribution in [0.2, 0.25) is 0 Å². The van der Waals surface area contributed by atoms with E-state index in [2.05, 4.69) is 4.74 Å². The summed E-state index contributed by atoms with van der Waals surface area (Å²) in [6, 6.07) is 13.4. The summed E-state index contributed by atoms with van der Waals surface area (Å²) >= 11 is 0. The molecule has 3 atom stereocenters. The molecular formula is C31H36F3N3O5. The maximum absolute atomic E-state index is 13.6. The lowest BCUT2D eigenvalue weighted by Crippen LogP contribution is -2.47. The summed E-state index contributed by atoms with van der Waals surface area (Å²) in [6.07, 6.45) is 0.209. The number of amides is 2. The second kappa shape index (κ2) is 13.2. The van der Waals surface area contributed by atoms with E-state index in [1.54, 1.807) is 26.8 Å². The van der Waals surface area contributed by atoms with Gasteiger partial charge in [-0.1, -0.05) is 48.6 Å². The smallest absolute Gasteiger partial charge is 0.489 e. The van der Waals surface area contributed by atoms with Crippen LogP contribution in [0.4, 0.5) is 13.2 Å². The number of carbonyl (C=O) groups is 2. The zero-order valence-corrected chi connectivity index (χ0v) is 23.3. The highest BCUT2D eigenvalue weighted by molar-refractivity contribution is 5.79. The number of likely N-dealkylation sites (tertiary alicyclic amines) is 1. The standard InChI is InChI=1S/C31H36F3N3O5/c32-31(33,34)42-28-10-4-2-7-25(28)18-35-17-24-6-1-3-9-27(24)41-15-5-8-23-19-36(30(40)21-35)13-11-22(23)16-29(39)37-14-12-26(38)20-37/h1-10,22-23,26,38H,11-21H2/t22-,23-,26+/m0/s1. The van der Waals surface area contributed by atoms with Crippen LogP contribution in [0.5, 0.6) is 11.5 Å². The highest BCUT2D eigenvalue weighted by Crippen LogP contribution is 2.31. The minimum atomic E-state index is -4.84. The molecule has 2 aromatic rings. The lowest BCUT2D eigenvalue weighted by Gasteiger charge is -2.38. The molecule has 1 N–H and O–H groups in total. The maximum atomic E-state index is 13.6. The molecule has 3 heterocycles. The van der Waals surface area contributed by atoms with Crippen LogP contribution in [0, 0.1) is 11.8 Å². The molecular weight excluding hydrogens is 551 g/mol. The molecule has 2 aromatic carbocycles. The van der Waals surface area contributed by atoms with Gasteiger partial charge in [0.1, 0.15) is 18.1 Å². The van der Waals surface area contributed by atoms with Crippen molar-refractivity contribution >= 4 is 11.8 Å². The van der Waals surface area contributed by atoms with Gasteiger partial charge in [-0.15, -0.1) is 13.2 Å². The minimum absolute atomic E-state index is 0.0135. The first-order valence-corrected chi connectivity index (χ1v) is 14.3. The van der Waals surface area contributed by atoms with E-state index in [1.807, 2.05) is 36.4 Å². The SMILES string of the molecule is O=C(C[C@@H]1CCN2C[C@@H]1C=CCOc1ccccc1CN(Cc1ccccc1OC(F)(F)F)CC2=O)N1CC[C@@H](O)C1. The molecule has 0 unspecified atom stereocenters. The first-order valence-electron chi connectivity index (χ1n) is 14.3. The summed E-state index contributed by atoms with van der Waals surface area (Å²) < 4.78 is 49.7. The molecule has 42 heavy (non-hydrogen) atoms. The van der Waals surface area contributed by atoms with Gasteiger partial charge in [0.25, 0.3) is 0 Å². The fourth-order valence-electron chi connectivity index (χ4n) is 5.99. The Morgan fingerprint density at radius 3 is 2.60 bits per heavy atom. The van der Waals surface area contributed by atoms with Crippen LogP contribution < -0.4 is 9.47 Å².